The Morgan fingerprint density at radius 3 is 1.58 bits per heavy atom. The van der Waals surface area contributed by atoms with E-state index in [-0.39, 0.29) is 0 Å². The van der Waals surface area contributed by atoms with Gasteiger partial charge in [0.2, 0.25) is 0 Å². The third-order valence-corrected chi connectivity index (χ3v) is 5.25. The van der Waals surface area contributed by atoms with Gasteiger partial charge >= 0.3 is 0 Å². The van der Waals surface area contributed by atoms with Crippen LogP contribution in [0.1, 0.15) is 52.4 Å². The van der Waals surface area contributed by atoms with Crippen molar-refractivity contribution in [2.45, 2.75) is 76.5 Å². The van der Waals surface area contributed by atoms with Crippen molar-refractivity contribution in [1.82, 2.24) is 10.6 Å². The van der Waals surface area contributed by atoms with E-state index >= 15 is 0 Å². The number of hydrogen-bond acceptors (Lipinski definition) is 4. The Morgan fingerprint density at radius 2 is 1.21 bits per heavy atom. The van der Waals surface area contributed by atoms with E-state index in [2.05, 4.69) is 24.5 Å². The third-order valence-electron chi connectivity index (χ3n) is 5.25. The fraction of sp³-hybridized carbons (Fsp3) is 1.00. The predicted molar refractivity (Wildman–Crippen MR) is 80.7 cm³/mol. The normalized spacial score (nSPS) is 44.2. The van der Waals surface area contributed by atoms with Crippen LogP contribution in [-0.4, -0.2) is 30.8 Å². The van der Waals surface area contributed by atoms with Gasteiger partial charge in [-0.05, 0) is 50.4 Å². The van der Waals surface area contributed by atoms with Crippen molar-refractivity contribution >= 4 is 0 Å². The molecule has 0 aromatic heterocycles. The van der Waals surface area contributed by atoms with E-state index < -0.39 is 0 Å². The van der Waals surface area contributed by atoms with Gasteiger partial charge in [-0.2, -0.15) is 0 Å². The monoisotopic (exact) mass is 268 g/mol. The molecule has 0 amide bonds. The average Bonchev–Trinajstić information content (AvgIpc) is 2.38. The van der Waals surface area contributed by atoms with Gasteiger partial charge < -0.3 is 22.1 Å². The number of nitrogens with one attached hydrogen (secondary N) is 2. The highest BCUT2D eigenvalue weighted by molar-refractivity contribution is 4.85. The van der Waals surface area contributed by atoms with Crippen molar-refractivity contribution in [3.05, 3.63) is 0 Å². The molecule has 6 atom stereocenters. The summed E-state index contributed by atoms with van der Waals surface area (Å²) in [4.78, 5) is 0. The van der Waals surface area contributed by atoms with Gasteiger partial charge in [0.15, 0.2) is 0 Å². The van der Waals surface area contributed by atoms with E-state index in [0.29, 0.717) is 36.0 Å². The van der Waals surface area contributed by atoms with Gasteiger partial charge in [-0.25, -0.2) is 0 Å². The van der Waals surface area contributed by atoms with Crippen LogP contribution in [-0.2, 0) is 0 Å². The van der Waals surface area contributed by atoms with E-state index in [4.69, 9.17) is 11.5 Å². The van der Waals surface area contributed by atoms with Gasteiger partial charge in [0.05, 0.1) is 0 Å². The second kappa shape index (κ2) is 7.02. The maximum atomic E-state index is 6.06. The van der Waals surface area contributed by atoms with Gasteiger partial charge in [0.25, 0.3) is 0 Å². The molecular weight excluding hydrogens is 236 g/mol. The summed E-state index contributed by atoms with van der Waals surface area (Å²) in [5.41, 5.74) is 12.1. The molecule has 6 N–H and O–H groups in total. The summed E-state index contributed by atoms with van der Waals surface area (Å²) < 4.78 is 0. The summed E-state index contributed by atoms with van der Waals surface area (Å²) in [6.45, 7) is 5.48. The minimum Gasteiger partial charge on any atom is -0.327 e. The van der Waals surface area contributed by atoms with Crippen molar-refractivity contribution in [2.75, 3.05) is 6.67 Å². The minimum atomic E-state index is 0.409. The van der Waals surface area contributed by atoms with Crippen LogP contribution in [0.5, 0.6) is 0 Å². The first-order chi connectivity index (χ1) is 9.06. The molecule has 6 unspecified atom stereocenters. The molecule has 19 heavy (non-hydrogen) atoms. The molecule has 0 aliphatic heterocycles. The van der Waals surface area contributed by atoms with Gasteiger partial charge in [-0.15, -0.1) is 0 Å². The zero-order valence-corrected chi connectivity index (χ0v) is 12.6. The third kappa shape index (κ3) is 4.42. The summed E-state index contributed by atoms with van der Waals surface area (Å²) in [5, 5.41) is 7.30. The lowest BCUT2D eigenvalue weighted by Gasteiger charge is -2.35. The van der Waals surface area contributed by atoms with Crippen LogP contribution < -0.4 is 22.1 Å². The molecule has 0 saturated heterocycles. The minimum absolute atomic E-state index is 0.409. The molecule has 2 aliphatic carbocycles. The largest absolute Gasteiger partial charge is 0.327 e. The molecule has 0 aromatic carbocycles. The lowest BCUT2D eigenvalue weighted by atomic mass is 9.83. The van der Waals surface area contributed by atoms with Crippen molar-refractivity contribution in [2.24, 2.45) is 23.3 Å². The summed E-state index contributed by atoms with van der Waals surface area (Å²) in [6.07, 6.45) is 7.20. The van der Waals surface area contributed by atoms with Crippen LogP contribution in [0.2, 0.25) is 0 Å². The number of hydrogen-bond donors (Lipinski definition) is 4. The molecule has 0 bridgehead atoms. The van der Waals surface area contributed by atoms with E-state index in [0.717, 1.165) is 19.5 Å². The second-order valence-electron chi connectivity index (χ2n) is 6.89. The molecular formula is C15H32N4. The Balaban J connectivity index is 1.61. The zero-order valence-electron chi connectivity index (χ0n) is 12.6. The highest BCUT2D eigenvalue weighted by atomic mass is 15.1. The molecule has 0 radical (unpaired) electrons. The standard InChI is InChI=1S/C15H32N4/c1-10-7-12(3-5-14(10)16)18-9-19-13-4-6-15(17)11(2)8-13/h10-15,18-19H,3-9,16-17H2,1-2H3. The first kappa shape index (κ1) is 15.2. The Labute approximate surface area is 118 Å². The van der Waals surface area contributed by atoms with E-state index in [1.54, 1.807) is 0 Å². The Morgan fingerprint density at radius 1 is 0.789 bits per heavy atom. The summed E-state index contributed by atoms with van der Waals surface area (Å²) in [5.74, 6) is 1.30. The summed E-state index contributed by atoms with van der Waals surface area (Å²) in [7, 11) is 0. The van der Waals surface area contributed by atoms with Crippen LogP contribution in [0.4, 0.5) is 0 Å². The zero-order chi connectivity index (χ0) is 13.8. The van der Waals surface area contributed by atoms with Gasteiger partial charge in [-0.1, -0.05) is 13.8 Å². The van der Waals surface area contributed by atoms with Crippen LogP contribution >= 0.6 is 0 Å². The van der Waals surface area contributed by atoms with Crippen LogP contribution in [0, 0.1) is 11.8 Å². The van der Waals surface area contributed by atoms with Crippen LogP contribution in [0.15, 0.2) is 0 Å². The van der Waals surface area contributed by atoms with Gasteiger partial charge in [0.1, 0.15) is 0 Å². The van der Waals surface area contributed by atoms with Crippen molar-refractivity contribution in [3.63, 3.8) is 0 Å². The first-order valence-corrected chi connectivity index (χ1v) is 8.04. The highest BCUT2D eigenvalue weighted by Crippen LogP contribution is 2.24. The Kier molecular flexibility index (Phi) is 5.63. The van der Waals surface area contributed by atoms with E-state index in [1.165, 1.54) is 25.7 Å². The van der Waals surface area contributed by atoms with Gasteiger partial charge in [0, 0.05) is 30.8 Å². The van der Waals surface area contributed by atoms with Crippen LogP contribution in [0.3, 0.4) is 0 Å². The molecule has 2 saturated carbocycles. The lowest BCUT2D eigenvalue weighted by molar-refractivity contribution is 0.238. The van der Waals surface area contributed by atoms with Gasteiger partial charge in [-0.3, -0.25) is 0 Å². The quantitative estimate of drug-likeness (QED) is 0.577. The smallest absolute Gasteiger partial charge is 0.0458 e. The van der Waals surface area contributed by atoms with E-state index in [9.17, 15) is 0 Å². The molecule has 0 spiro atoms. The maximum Gasteiger partial charge on any atom is 0.0458 e. The topological polar surface area (TPSA) is 76.1 Å². The van der Waals surface area contributed by atoms with Crippen molar-refractivity contribution < 1.29 is 0 Å². The number of rotatable bonds is 4. The molecule has 0 aromatic rings. The Hall–Kier alpha value is -0.160. The molecule has 4 nitrogen and oxygen atoms in total. The SMILES string of the molecule is CC1CC(NCNC2CCC(N)C(C)C2)CCC1N. The summed E-state index contributed by atoms with van der Waals surface area (Å²) in [6, 6.07) is 2.11. The average molecular weight is 268 g/mol. The van der Waals surface area contributed by atoms with Crippen molar-refractivity contribution in [1.29, 1.82) is 0 Å². The second-order valence-corrected chi connectivity index (χ2v) is 6.89. The molecule has 2 rings (SSSR count). The highest BCUT2D eigenvalue weighted by Gasteiger charge is 2.26. The lowest BCUT2D eigenvalue weighted by Crippen LogP contribution is -2.49. The van der Waals surface area contributed by atoms with Crippen molar-refractivity contribution in [3.8, 4) is 0 Å². The fourth-order valence-electron chi connectivity index (χ4n) is 3.56. The van der Waals surface area contributed by atoms with Crippen LogP contribution in [0.25, 0.3) is 0 Å². The Bertz CT molecular complexity index is 245. The first-order valence-electron chi connectivity index (χ1n) is 8.04. The molecule has 112 valence electrons. The molecule has 2 aliphatic rings. The predicted octanol–water partition coefficient (Wildman–Crippen LogP) is 1.15. The summed E-state index contributed by atoms with van der Waals surface area (Å²) >= 11 is 0. The number of nitrogens with two attached hydrogens (primary N) is 2. The van der Waals surface area contributed by atoms with E-state index in [1.807, 2.05) is 0 Å². The maximum absolute atomic E-state index is 6.06. The molecule has 0 heterocycles. The fourth-order valence-corrected chi connectivity index (χ4v) is 3.56. The molecule has 2 fully saturated rings. The molecule has 4 heteroatoms.